The van der Waals surface area contributed by atoms with Gasteiger partial charge in [-0.15, -0.1) is 0 Å². The van der Waals surface area contributed by atoms with Crippen LogP contribution in [0.4, 0.5) is 38.0 Å². The number of aromatic nitrogens is 2. The molecule has 0 aromatic carbocycles. The van der Waals surface area contributed by atoms with E-state index in [4.69, 9.17) is 0 Å². The number of nitrogens with one attached hydrogen (secondary N) is 1. The third-order valence-corrected chi connectivity index (χ3v) is 4.27. The van der Waals surface area contributed by atoms with Gasteiger partial charge >= 0.3 is 12.4 Å². The van der Waals surface area contributed by atoms with E-state index in [1.165, 1.54) is 6.07 Å². The monoisotopic (exact) mass is 404 g/mol. The highest BCUT2D eigenvalue weighted by Crippen LogP contribution is 2.31. The molecule has 150 valence electrons. The van der Waals surface area contributed by atoms with Crippen LogP contribution in [0.15, 0.2) is 36.7 Å². The number of alkyl halides is 6. The number of carbonyl (C=O) groups is 1. The summed E-state index contributed by atoms with van der Waals surface area (Å²) in [7, 11) is 0. The smallest absolute Gasteiger partial charge is 0.345 e. The SMILES string of the molecule is O=C(Nc1ccc(C(F)(F)F)cn1)[C@H]1CCCN1c1ccc(C(F)(F)F)cn1. The Hall–Kier alpha value is -2.85. The predicted octanol–water partition coefficient (Wildman–Crippen LogP) is 4.12. The minimum absolute atomic E-state index is 0.0507. The normalized spacial score (nSPS) is 17.6. The van der Waals surface area contributed by atoms with Gasteiger partial charge in [-0.05, 0) is 37.1 Å². The molecular weight excluding hydrogens is 390 g/mol. The minimum Gasteiger partial charge on any atom is -0.345 e. The second-order valence-electron chi connectivity index (χ2n) is 6.17. The molecule has 1 N–H and O–H groups in total. The quantitative estimate of drug-likeness (QED) is 0.782. The lowest BCUT2D eigenvalue weighted by atomic mass is 10.2. The Morgan fingerprint density at radius 3 is 2.07 bits per heavy atom. The van der Waals surface area contributed by atoms with E-state index in [9.17, 15) is 31.1 Å². The summed E-state index contributed by atoms with van der Waals surface area (Å²) in [5, 5.41) is 2.43. The van der Waals surface area contributed by atoms with Crippen molar-refractivity contribution in [2.75, 3.05) is 16.8 Å². The first kappa shape index (κ1) is 19.9. The lowest BCUT2D eigenvalue weighted by Crippen LogP contribution is -2.40. The standard InChI is InChI=1S/C17H14F6N4O/c18-16(19,20)10-3-5-13(24-8-10)26-15(28)12-2-1-7-27(12)14-6-4-11(9-25-14)17(21,22)23/h3-6,8-9,12H,1-2,7H2,(H,24,26,28)/t12-/m1/s1. The van der Waals surface area contributed by atoms with Gasteiger partial charge in [0.25, 0.3) is 0 Å². The van der Waals surface area contributed by atoms with Crippen LogP contribution in [0.25, 0.3) is 0 Å². The summed E-state index contributed by atoms with van der Waals surface area (Å²) in [5.41, 5.74) is -1.84. The van der Waals surface area contributed by atoms with Crippen molar-refractivity contribution in [2.24, 2.45) is 0 Å². The predicted molar refractivity (Wildman–Crippen MR) is 87.5 cm³/mol. The van der Waals surface area contributed by atoms with E-state index in [-0.39, 0.29) is 11.6 Å². The summed E-state index contributed by atoms with van der Waals surface area (Å²) in [6, 6.07) is 3.19. The Morgan fingerprint density at radius 2 is 1.57 bits per heavy atom. The maximum atomic E-state index is 12.7. The van der Waals surface area contributed by atoms with Crippen LogP contribution in [-0.4, -0.2) is 28.5 Å². The lowest BCUT2D eigenvalue weighted by molar-refractivity contribution is -0.138. The van der Waals surface area contributed by atoms with Gasteiger partial charge in [-0.25, -0.2) is 9.97 Å². The fourth-order valence-electron chi connectivity index (χ4n) is 2.88. The molecule has 1 aliphatic heterocycles. The zero-order valence-corrected chi connectivity index (χ0v) is 14.2. The first-order chi connectivity index (χ1) is 13.1. The molecule has 11 heteroatoms. The molecule has 0 aliphatic carbocycles. The van der Waals surface area contributed by atoms with Gasteiger partial charge in [-0.1, -0.05) is 0 Å². The molecule has 2 aromatic rings. The van der Waals surface area contributed by atoms with Crippen LogP contribution in [0.5, 0.6) is 0 Å². The number of pyridine rings is 2. The molecule has 28 heavy (non-hydrogen) atoms. The van der Waals surface area contributed by atoms with Crippen LogP contribution in [0.2, 0.25) is 0 Å². The number of hydrogen-bond donors (Lipinski definition) is 1. The highest BCUT2D eigenvalue weighted by atomic mass is 19.4. The number of rotatable bonds is 3. The topological polar surface area (TPSA) is 58.1 Å². The van der Waals surface area contributed by atoms with Crippen LogP contribution in [0.3, 0.4) is 0 Å². The van der Waals surface area contributed by atoms with Crippen LogP contribution in [-0.2, 0) is 17.1 Å². The molecule has 5 nitrogen and oxygen atoms in total. The van der Waals surface area contributed by atoms with Gasteiger partial charge in [0.1, 0.15) is 17.7 Å². The van der Waals surface area contributed by atoms with Crippen molar-refractivity contribution in [1.82, 2.24) is 9.97 Å². The molecule has 3 heterocycles. The maximum Gasteiger partial charge on any atom is 0.417 e. The van der Waals surface area contributed by atoms with Crippen LogP contribution in [0.1, 0.15) is 24.0 Å². The van der Waals surface area contributed by atoms with Gasteiger partial charge in [0.15, 0.2) is 0 Å². The molecule has 0 bridgehead atoms. The van der Waals surface area contributed by atoms with Crippen LogP contribution < -0.4 is 10.2 Å². The van der Waals surface area contributed by atoms with E-state index in [1.54, 1.807) is 4.90 Å². The molecule has 1 fully saturated rings. The van der Waals surface area contributed by atoms with Gasteiger partial charge < -0.3 is 10.2 Å². The number of halogens is 6. The molecule has 1 aliphatic rings. The van der Waals surface area contributed by atoms with E-state index >= 15 is 0 Å². The van der Waals surface area contributed by atoms with Crippen molar-refractivity contribution in [1.29, 1.82) is 0 Å². The molecular formula is C17H14F6N4O. The fraction of sp³-hybridized carbons (Fsp3) is 0.353. The lowest BCUT2D eigenvalue weighted by Gasteiger charge is -2.25. The van der Waals surface area contributed by atoms with E-state index in [0.717, 1.165) is 18.2 Å². The number of amides is 1. The van der Waals surface area contributed by atoms with Crippen molar-refractivity contribution < 1.29 is 31.1 Å². The van der Waals surface area contributed by atoms with E-state index in [1.807, 2.05) is 0 Å². The molecule has 0 unspecified atom stereocenters. The first-order valence-electron chi connectivity index (χ1n) is 8.20. The largest absolute Gasteiger partial charge is 0.417 e. The zero-order chi connectivity index (χ0) is 20.5. The maximum absolute atomic E-state index is 12.7. The third kappa shape index (κ3) is 4.34. The fourth-order valence-corrected chi connectivity index (χ4v) is 2.88. The van der Waals surface area contributed by atoms with Gasteiger partial charge in [-0.2, -0.15) is 26.3 Å². The third-order valence-electron chi connectivity index (χ3n) is 4.27. The Labute approximate surface area is 155 Å². The summed E-state index contributed by atoms with van der Waals surface area (Å²) in [6.07, 6.45) is -6.70. The molecule has 1 atom stereocenters. The molecule has 3 rings (SSSR count). The van der Waals surface area contributed by atoms with E-state index in [2.05, 4.69) is 15.3 Å². The minimum atomic E-state index is -4.54. The van der Waals surface area contributed by atoms with E-state index < -0.39 is 35.4 Å². The van der Waals surface area contributed by atoms with Gasteiger partial charge in [0.05, 0.1) is 11.1 Å². The average molecular weight is 404 g/mol. The Morgan fingerprint density at radius 1 is 0.964 bits per heavy atom. The summed E-state index contributed by atoms with van der Waals surface area (Å²) in [5.74, 6) is -0.359. The number of nitrogens with zero attached hydrogens (tertiary/aromatic N) is 3. The van der Waals surface area contributed by atoms with Crippen molar-refractivity contribution >= 4 is 17.5 Å². The zero-order valence-electron chi connectivity index (χ0n) is 14.2. The molecule has 1 amide bonds. The van der Waals surface area contributed by atoms with Crippen molar-refractivity contribution in [3.63, 3.8) is 0 Å². The Balaban J connectivity index is 1.71. The van der Waals surface area contributed by atoms with Gasteiger partial charge in [0.2, 0.25) is 5.91 Å². The van der Waals surface area contributed by atoms with Gasteiger partial charge in [-0.3, -0.25) is 4.79 Å². The second kappa shape index (κ2) is 7.28. The Bertz CT molecular complexity index is 833. The molecule has 1 saturated heterocycles. The Kier molecular flexibility index (Phi) is 5.18. The molecule has 2 aromatic heterocycles. The number of hydrogen-bond acceptors (Lipinski definition) is 4. The molecule has 0 spiro atoms. The highest BCUT2D eigenvalue weighted by molar-refractivity contribution is 5.96. The average Bonchev–Trinajstić information content (AvgIpc) is 3.10. The van der Waals surface area contributed by atoms with Crippen molar-refractivity contribution in [2.45, 2.75) is 31.2 Å². The van der Waals surface area contributed by atoms with Crippen molar-refractivity contribution in [3.8, 4) is 0 Å². The van der Waals surface area contributed by atoms with E-state index in [0.29, 0.717) is 31.8 Å². The molecule has 0 saturated carbocycles. The molecule has 0 radical (unpaired) electrons. The number of anilines is 2. The summed E-state index contributed by atoms with van der Waals surface area (Å²) < 4.78 is 75.6. The number of carbonyl (C=O) groups excluding carboxylic acids is 1. The summed E-state index contributed by atoms with van der Waals surface area (Å²) >= 11 is 0. The van der Waals surface area contributed by atoms with Crippen LogP contribution in [0, 0.1) is 0 Å². The second-order valence-corrected chi connectivity index (χ2v) is 6.17. The first-order valence-corrected chi connectivity index (χ1v) is 8.20. The summed E-state index contributed by atoms with van der Waals surface area (Å²) in [4.78, 5) is 21.4. The van der Waals surface area contributed by atoms with Gasteiger partial charge in [0, 0.05) is 18.9 Å². The highest BCUT2D eigenvalue weighted by Gasteiger charge is 2.34. The van der Waals surface area contributed by atoms with Crippen LogP contribution >= 0.6 is 0 Å². The summed E-state index contributed by atoms with van der Waals surface area (Å²) in [6.45, 7) is 0.414. The van der Waals surface area contributed by atoms with Crippen molar-refractivity contribution in [3.05, 3.63) is 47.8 Å².